The van der Waals surface area contributed by atoms with Gasteiger partial charge in [0.2, 0.25) is 10.0 Å². The fourth-order valence-electron chi connectivity index (χ4n) is 3.51. The SMILES string of the molecule is CCN(CC)S(=O)(=O)c1ccc2c(c1)nc(SCc1ccc(Br)cc1)n2Cc1ccco1. The fourth-order valence-corrected chi connectivity index (χ4v) is 6.22. The lowest BCUT2D eigenvalue weighted by Crippen LogP contribution is -2.30. The summed E-state index contributed by atoms with van der Waals surface area (Å²) < 4.78 is 36.1. The first-order valence-electron chi connectivity index (χ1n) is 10.3. The van der Waals surface area contributed by atoms with Crippen molar-refractivity contribution in [3.63, 3.8) is 0 Å². The molecule has 4 aromatic rings. The van der Waals surface area contributed by atoms with E-state index in [0.717, 1.165) is 26.7 Å². The van der Waals surface area contributed by atoms with Crippen LogP contribution in [0.1, 0.15) is 25.2 Å². The molecule has 0 saturated heterocycles. The number of rotatable bonds is 9. The summed E-state index contributed by atoms with van der Waals surface area (Å²) in [4.78, 5) is 5.07. The van der Waals surface area contributed by atoms with E-state index in [1.807, 2.05) is 44.2 Å². The lowest BCUT2D eigenvalue weighted by Gasteiger charge is -2.18. The predicted octanol–water partition coefficient (Wildman–Crippen LogP) is 5.76. The smallest absolute Gasteiger partial charge is 0.243 e. The lowest BCUT2D eigenvalue weighted by molar-refractivity contribution is 0.445. The van der Waals surface area contributed by atoms with Crippen molar-refractivity contribution in [3.8, 4) is 0 Å². The maximum absolute atomic E-state index is 13.0. The Hall–Kier alpha value is -2.07. The molecule has 0 aliphatic carbocycles. The highest BCUT2D eigenvalue weighted by Gasteiger charge is 2.23. The average molecular weight is 535 g/mol. The highest BCUT2D eigenvalue weighted by atomic mass is 79.9. The molecule has 32 heavy (non-hydrogen) atoms. The van der Waals surface area contributed by atoms with Crippen molar-refractivity contribution in [1.29, 1.82) is 0 Å². The summed E-state index contributed by atoms with van der Waals surface area (Å²) in [7, 11) is -3.55. The fraction of sp³-hybridized carbons (Fsp3) is 0.261. The lowest BCUT2D eigenvalue weighted by atomic mass is 10.2. The van der Waals surface area contributed by atoms with E-state index < -0.39 is 10.0 Å². The van der Waals surface area contributed by atoms with Crippen LogP contribution in [0.25, 0.3) is 11.0 Å². The number of imidazole rings is 1. The standard InChI is InChI=1S/C23H24BrN3O3S2/c1-3-26(4-2)32(28,29)20-11-12-22-21(14-20)25-23(27(22)15-19-6-5-13-30-19)31-16-17-7-9-18(24)10-8-17/h5-14H,3-4,15-16H2,1-2H3. The molecular formula is C23H24BrN3O3S2. The maximum Gasteiger partial charge on any atom is 0.243 e. The Balaban J connectivity index is 1.72. The number of benzene rings is 2. The number of halogens is 1. The van der Waals surface area contributed by atoms with Crippen LogP contribution in [0.5, 0.6) is 0 Å². The number of hydrogen-bond donors (Lipinski definition) is 0. The van der Waals surface area contributed by atoms with E-state index in [1.54, 1.807) is 30.2 Å². The van der Waals surface area contributed by atoms with Gasteiger partial charge in [0.05, 0.1) is 28.7 Å². The maximum atomic E-state index is 13.0. The molecule has 0 saturated carbocycles. The summed E-state index contributed by atoms with van der Waals surface area (Å²) in [5.41, 5.74) is 2.71. The summed E-state index contributed by atoms with van der Waals surface area (Å²) >= 11 is 5.08. The quantitative estimate of drug-likeness (QED) is 0.255. The molecule has 0 radical (unpaired) electrons. The Labute approximate surface area is 200 Å². The molecule has 2 aromatic carbocycles. The van der Waals surface area contributed by atoms with Gasteiger partial charge in [-0.05, 0) is 48.0 Å². The first kappa shape index (κ1) is 23.1. The van der Waals surface area contributed by atoms with E-state index in [9.17, 15) is 8.42 Å². The zero-order chi connectivity index (χ0) is 22.7. The zero-order valence-corrected chi connectivity index (χ0v) is 21.1. The molecule has 0 bridgehead atoms. The molecule has 0 fully saturated rings. The Kier molecular flexibility index (Phi) is 7.09. The van der Waals surface area contributed by atoms with Gasteiger partial charge in [0.15, 0.2) is 5.16 Å². The third kappa shape index (κ3) is 4.80. The molecule has 0 atom stereocenters. The largest absolute Gasteiger partial charge is 0.467 e. The van der Waals surface area contributed by atoms with Crippen LogP contribution in [0, 0.1) is 0 Å². The molecule has 0 amide bonds. The molecule has 0 unspecified atom stereocenters. The van der Waals surface area contributed by atoms with Crippen LogP contribution < -0.4 is 0 Å². The van der Waals surface area contributed by atoms with Gasteiger partial charge in [0, 0.05) is 23.3 Å². The van der Waals surface area contributed by atoms with Crippen LogP contribution in [0.3, 0.4) is 0 Å². The van der Waals surface area contributed by atoms with Crippen LogP contribution in [0.4, 0.5) is 0 Å². The van der Waals surface area contributed by atoms with Crippen molar-refractivity contribution >= 4 is 48.7 Å². The summed E-state index contributed by atoms with van der Waals surface area (Å²) in [5, 5.41) is 0.816. The van der Waals surface area contributed by atoms with E-state index >= 15 is 0 Å². The minimum Gasteiger partial charge on any atom is -0.467 e. The summed E-state index contributed by atoms with van der Waals surface area (Å²) in [6.07, 6.45) is 1.65. The first-order chi connectivity index (χ1) is 15.4. The molecule has 4 rings (SSSR count). The van der Waals surface area contributed by atoms with Gasteiger partial charge in [0.25, 0.3) is 0 Å². The molecule has 0 aliphatic heterocycles. The average Bonchev–Trinajstić information content (AvgIpc) is 3.42. The van der Waals surface area contributed by atoms with E-state index in [4.69, 9.17) is 9.40 Å². The second kappa shape index (κ2) is 9.82. The molecule has 9 heteroatoms. The second-order valence-electron chi connectivity index (χ2n) is 7.21. The van der Waals surface area contributed by atoms with Crippen LogP contribution in [-0.4, -0.2) is 35.4 Å². The van der Waals surface area contributed by atoms with E-state index in [0.29, 0.717) is 25.2 Å². The topological polar surface area (TPSA) is 68.3 Å². The molecule has 2 heterocycles. The zero-order valence-electron chi connectivity index (χ0n) is 17.9. The van der Waals surface area contributed by atoms with Crippen LogP contribution in [0.15, 0.2) is 79.8 Å². The van der Waals surface area contributed by atoms with Crippen LogP contribution in [-0.2, 0) is 22.3 Å². The highest BCUT2D eigenvalue weighted by Crippen LogP contribution is 2.30. The van der Waals surface area contributed by atoms with Crippen molar-refractivity contribution < 1.29 is 12.8 Å². The van der Waals surface area contributed by atoms with Crippen molar-refractivity contribution in [3.05, 3.63) is 76.7 Å². The van der Waals surface area contributed by atoms with Gasteiger partial charge in [-0.1, -0.05) is 53.7 Å². The van der Waals surface area contributed by atoms with Crippen LogP contribution >= 0.6 is 27.7 Å². The van der Waals surface area contributed by atoms with Gasteiger partial charge in [-0.3, -0.25) is 0 Å². The van der Waals surface area contributed by atoms with E-state index in [2.05, 4.69) is 32.6 Å². The van der Waals surface area contributed by atoms with Gasteiger partial charge >= 0.3 is 0 Å². The minimum absolute atomic E-state index is 0.265. The number of aromatic nitrogens is 2. The number of nitrogens with zero attached hydrogens (tertiary/aromatic N) is 3. The molecule has 0 spiro atoms. The van der Waals surface area contributed by atoms with Gasteiger partial charge in [-0.25, -0.2) is 13.4 Å². The van der Waals surface area contributed by atoms with Crippen molar-refractivity contribution in [1.82, 2.24) is 13.9 Å². The Morgan fingerprint density at radius 3 is 2.50 bits per heavy atom. The third-order valence-corrected chi connectivity index (χ3v) is 8.83. The molecule has 6 nitrogen and oxygen atoms in total. The second-order valence-corrected chi connectivity index (χ2v) is 11.0. The molecule has 0 N–H and O–H groups in total. The number of thioether (sulfide) groups is 1. The molecule has 2 aromatic heterocycles. The normalized spacial score (nSPS) is 12.1. The Morgan fingerprint density at radius 1 is 1.09 bits per heavy atom. The van der Waals surface area contributed by atoms with Crippen LogP contribution in [0.2, 0.25) is 0 Å². The Bertz CT molecular complexity index is 1300. The summed E-state index contributed by atoms with van der Waals surface area (Å²) in [6, 6.07) is 17.1. The monoisotopic (exact) mass is 533 g/mol. The summed E-state index contributed by atoms with van der Waals surface area (Å²) in [6.45, 7) is 5.06. The van der Waals surface area contributed by atoms with Gasteiger partial charge in [0.1, 0.15) is 5.76 Å². The minimum atomic E-state index is -3.55. The number of hydrogen-bond acceptors (Lipinski definition) is 5. The number of sulfonamides is 1. The number of furan rings is 1. The highest BCUT2D eigenvalue weighted by molar-refractivity contribution is 9.10. The van der Waals surface area contributed by atoms with Crippen molar-refractivity contribution in [2.24, 2.45) is 0 Å². The summed E-state index contributed by atoms with van der Waals surface area (Å²) in [5.74, 6) is 1.56. The first-order valence-corrected chi connectivity index (χ1v) is 13.5. The van der Waals surface area contributed by atoms with Gasteiger partial charge in [-0.15, -0.1) is 0 Å². The molecular weight excluding hydrogens is 510 g/mol. The van der Waals surface area contributed by atoms with Gasteiger partial charge in [-0.2, -0.15) is 4.31 Å². The van der Waals surface area contributed by atoms with Crippen molar-refractivity contribution in [2.45, 2.75) is 36.2 Å². The third-order valence-electron chi connectivity index (χ3n) is 5.20. The Morgan fingerprint density at radius 2 is 1.84 bits per heavy atom. The van der Waals surface area contributed by atoms with E-state index in [-0.39, 0.29) is 4.90 Å². The number of fused-ring (bicyclic) bond motifs is 1. The van der Waals surface area contributed by atoms with E-state index in [1.165, 1.54) is 9.87 Å². The molecule has 168 valence electrons. The predicted molar refractivity (Wildman–Crippen MR) is 131 cm³/mol. The molecule has 0 aliphatic rings. The van der Waals surface area contributed by atoms with Gasteiger partial charge < -0.3 is 8.98 Å². The van der Waals surface area contributed by atoms with Crippen molar-refractivity contribution in [2.75, 3.05) is 13.1 Å².